The van der Waals surface area contributed by atoms with Gasteiger partial charge in [0.05, 0.1) is 16.1 Å². The summed E-state index contributed by atoms with van der Waals surface area (Å²) in [6.45, 7) is 0.645. The second-order valence-electron chi connectivity index (χ2n) is 7.75. The topological polar surface area (TPSA) is 95.6 Å². The van der Waals surface area contributed by atoms with Crippen molar-refractivity contribution in [2.75, 3.05) is 16.2 Å². The number of carbonyl (C=O) groups excluding carboxylic acids is 2. The molecule has 0 spiro atoms. The minimum atomic E-state index is -3.88. The van der Waals surface area contributed by atoms with Gasteiger partial charge in [0.25, 0.3) is 15.9 Å². The van der Waals surface area contributed by atoms with Crippen molar-refractivity contribution < 1.29 is 18.0 Å². The van der Waals surface area contributed by atoms with Crippen LogP contribution in [0.2, 0.25) is 0 Å². The monoisotopic (exact) mass is 427 g/mol. The molecule has 0 atom stereocenters. The van der Waals surface area contributed by atoms with Crippen LogP contribution in [0, 0.1) is 0 Å². The number of nitrogens with one attached hydrogen (secondary N) is 2. The highest BCUT2D eigenvalue weighted by molar-refractivity contribution is 7.92. The molecule has 1 aliphatic carbocycles. The summed E-state index contributed by atoms with van der Waals surface area (Å²) in [5.41, 5.74) is 1.23. The number of benzene rings is 2. The molecule has 7 nitrogen and oxygen atoms in total. The van der Waals surface area contributed by atoms with Gasteiger partial charge in [0.1, 0.15) is 0 Å². The molecule has 2 aromatic rings. The van der Waals surface area contributed by atoms with E-state index in [0.29, 0.717) is 24.2 Å². The van der Waals surface area contributed by atoms with E-state index in [1.165, 1.54) is 12.1 Å². The van der Waals surface area contributed by atoms with E-state index in [-0.39, 0.29) is 28.4 Å². The smallest absolute Gasteiger partial charge is 0.261 e. The first-order valence-corrected chi connectivity index (χ1v) is 11.8. The number of hydrogen-bond donors (Lipinski definition) is 2. The molecule has 158 valence electrons. The Labute approximate surface area is 176 Å². The van der Waals surface area contributed by atoms with Crippen molar-refractivity contribution in [1.29, 1.82) is 0 Å². The van der Waals surface area contributed by atoms with Crippen molar-refractivity contribution in [3.8, 4) is 0 Å². The van der Waals surface area contributed by atoms with Gasteiger partial charge in [-0.25, -0.2) is 8.42 Å². The highest BCUT2D eigenvalue weighted by atomic mass is 32.2. The summed E-state index contributed by atoms with van der Waals surface area (Å²) >= 11 is 0. The van der Waals surface area contributed by atoms with Gasteiger partial charge >= 0.3 is 0 Å². The zero-order valence-electron chi connectivity index (χ0n) is 16.6. The molecule has 0 radical (unpaired) electrons. The van der Waals surface area contributed by atoms with Crippen LogP contribution in [0.25, 0.3) is 0 Å². The summed E-state index contributed by atoms with van der Waals surface area (Å²) in [6, 6.07) is 13.0. The Morgan fingerprint density at radius 2 is 1.67 bits per heavy atom. The van der Waals surface area contributed by atoms with E-state index in [0.717, 1.165) is 32.1 Å². The van der Waals surface area contributed by atoms with Crippen molar-refractivity contribution in [2.45, 2.75) is 49.5 Å². The molecule has 1 aliphatic heterocycles. The van der Waals surface area contributed by atoms with Crippen LogP contribution in [0.4, 0.5) is 11.4 Å². The maximum atomic E-state index is 12.9. The van der Waals surface area contributed by atoms with Crippen LogP contribution in [0.15, 0.2) is 53.4 Å². The average molecular weight is 428 g/mol. The molecule has 2 N–H and O–H groups in total. The molecule has 2 amide bonds. The molecular formula is C22H25N3O4S. The Morgan fingerprint density at radius 1 is 0.967 bits per heavy atom. The van der Waals surface area contributed by atoms with E-state index in [4.69, 9.17) is 0 Å². The summed E-state index contributed by atoms with van der Waals surface area (Å²) < 4.78 is 28.3. The largest absolute Gasteiger partial charge is 0.349 e. The summed E-state index contributed by atoms with van der Waals surface area (Å²) in [5, 5.41) is 2.99. The third-order valence-corrected chi connectivity index (χ3v) is 7.02. The van der Waals surface area contributed by atoms with E-state index < -0.39 is 10.0 Å². The van der Waals surface area contributed by atoms with Crippen LogP contribution in [0.3, 0.4) is 0 Å². The number of anilines is 2. The lowest BCUT2D eigenvalue weighted by Gasteiger charge is -2.17. The lowest BCUT2D eigenvalue weighted by molar-refractivity contribution is -0.117. The Bertz CT molecular complexity index is 1040. The van der Waals surface area contributed by atoms with Crippen LogP contribution in [-0.4, -0.2) is 32.8 Å². The number of rotatable bonds is 6. The highest BCUT2D eigenvalue weighted by Crippen LogP contribution is 2.25. The van der Waals surface area contributed by atoms with E-state index in [2.05, 4.69) is 10.0 Å². The van der Waals surface area contributed by atoms with E-state index in [9.17, 15) is 18.0 Å². The maximum Gasteiger partial charge on any atom is 0.261 e. The van der Waals surface area contributed by atoms with Gasteiger partial charge in [0.15, 0.2) is 0 Å². The van der Waals surface area contributed by atoms with Gasteiger partial charge < -0.3 is 10.2 Å². The van der Waals surface area contributed by atoms with E-state index >= 15 is 0 Å². The zero-order chi connectivity index (χ0) is 21.1. The van der Waals surface area contributed by atoms with Gasteiger partial charge in [-0.05, 0) is 55.7 Å². The summed E-state index contributed by atoms with van der Waals surface area (Å²) in [7, 11) is -3.88. The van der Waals surface area contributed by atoms with Crippen molar-refractivity contribution >= 4 is 33.2 Å². The van der Waals surface area contributed by atoms with Crippen LogP contribution < -0.4 is 14.9 Å². The van der Waals surface area contributed by atoms with Gasteiger partial charge in [-0.1, -0.05) is 25.0 Å². The minimum Gasteiger partial charge on any atom is -0.349 e. The second kappa shape index (κ2) is 8.47. The molecule has 2 aliphatic rings. The van der Waals surface area contributed by atoms with E-state index in [1.54, 1.807) is 41.3 Å². The average Bonchev–Trinajstić information content (AvgIpc) is 3.40. The fourth-order valence-electron chi connectivity index (χ4n) is 4.03. The fourth-order valence-corrected chi connectivity index (χ4v) is 5.11. The van der Waals surface area contributed by atoms with Gasteiger partial charge in [-0.15, -0.1) is 0 Å². The minimum absolute atomic E-state index is 0.0472. The standard InChI is InChI=1S/C22H25N3O4S/c26-21-10-5-15-25(21)17-11-13-18(14-12-17)30(28,29)24-20-9-4-3-8-19(20)22(27)23-16-6-1-2-7-16/h3-4,8-9,11-14,16,24H,1-2,5-7,10,15H2,(H,23,27). The Morgan fingerprint density at radius 3 is 2.33 bits per heavy atom. The van der Waals surface area contributed by atoms with Crippen LogP contribution in [-0.2, 0) is 14.8 Å². The Balaban J connectivity index is 1.52. The molecule has 1 saturated carbocycles. The molecule has 0 bridgehead atoms. The normalized spacial score (nSPS) is 17.3. The van der Waals surface area contributed by atoms with Crippen molar-refractivity contribution in [2.24, 2.45) is 0 Å². The number of sulfonamides is 1. The molecule has 2 aromatic carbocycles. The number of carbonyl (C=O) groups is 2. The molecule has 1 saturated heterocycles. The molecule has 0 aromatic heterocycles. The van der Waals surface area contributed by atoms with Gasteiger partial charge in [0.2, 0.25) is 5.91 Å². The molecule has 2 fully saturated rings. The lowest BCUT2D eigenvalue weighted by atomic mass is 10.1. The summed E-state index contributed by atoms with van der Waals surface area (Å²) in [5.74, 6) is -0.228. The predicted molar refractivity (Wildman–Crippen MR) is 115 cm³/mol. The molecule has 30 heavy (non-hydrogen) atoms. The molecule has 4 rings (SSSR count). The van der Waals surface area contributed by atoms with Gasteiger partial charge in [-0.3, -0.25) is 14.3 Å². The summed E-state index contributed by atoms with van der Waals surface area (Å²) in [4.78, 5) is 26.3. The number of para-hydroxylation sites is 1. The number of amides is 2. The van der Waals surface area contributed by atoms with Crippen LogP contribution in [0.1, 0.15) is 48.9 Å². The Kier molecular flexibility index (Phi) is 5.76. The zero-order valence-corrected chi connectivity index (χ0v) is 17.5. The molecule has 0 unspecified atom stereocenters. The third kappa shape index (κ3) is 4.33. The highest BCUT2D eigenvalue weighted by Gasteiger charge is 2.24. The first-order valence-electron chi connectivity index (χ1n) is 10.3. The van der Waals surface area contributed by atoms with Crippen LogP contribution >= 0.6 is 0 Å². The molecule has 8 heteroatoms. The Hall–Kier alpha value is -2.87. The fraction of sp³-hybridized carbons (Fsp3) is 0.364. The summed E-state index contributed by atoms with van der Waals surface area (Å²) in [6.07, 6.45) is 5.41. The van der Waals surface area contributed by atoms with E-state index in [1.807, 2.05) is 0 Å². The number of hydrogen-bond acceptors (Lipinski definition) is 4. The van der Waals surface area contributed by atoms with Crippen molar-refractivity contribution in [3.63, 3.8) is 0 Å². The van der Waals surface area contributed by atoms with Crippen LogP contribution in [0.5, 0.6) is 0 Å². The van der Waals surface area contributed by atoms with Gasteiger partial charge in [-0.2, -0.15) is 0 Å². The molecule has 1 heterocycles. The predicted octanol–water partition coefficient (Wildman–Crippen LogP) is 3.29. The van der Waals surface area contributed by atoms with Crippen molar-refractivity contribution in [1.82, 2.24) is 5.32 Å². The quantitative estimate of drug-likeness (QED) is 0.739. The van der Waals surface area contributed by atoms with Gasteiger partial charge in [0, 0.05) is 24.7 Å². The maximum absolute atomic E-state index is 12.9. The second-order valence-corrected chi connectivity index (χ2v) is 9.43. The van der Waals surface area contributed by atoms with Crippen molar-refractivity contribution in [3.05, 3.63) is 54.1 Å². The first kappa shape index (κ1) is 20.4. The third-order valence-electron chi connectivity index (χ3n) is 5.64. The first-order chi connectivity index (χ1) is 14.4. The number of nitrogens with zero attached hydrogens (tertiary/aromatic N) is 1. The SMILES string of the molecule is O=C(NC1CCCC1)c1ccccc1NS(=O)(=O)c1ccc(N2CCCC2=O)cc1. The molecular weight excluding hydrogens is 402 g/mol. The lowest BCUT2D eigenvalue weighted by Crippen LogP contribution is -2.33.